The van der Waals surface area contributed by atoms with Crippen molar-refractivity contribution >= 4 is 5.82 Å². The van der Waals surface area contributed by atoms with Crippen molar-refractivity contribution in [1.29, 1.82) is 5.26 Å². The summed E-state index contributed by atoms with van der Waals surface area (Å²) in [4.78, 5) is 2.06. The molecule has 8 nitrogen and oxygen atoms in total. The van der Waals surface area contributed by atoms with Crippen molar-refractivity contribution in [3.63, 3.8) is 0 Å². The molecule has 24 heavy (non-hydrogen) atoms. The van der Waals surface area contributed by atoms with E-state index in [1.165, 1.54) is 0 Å². The first-order valence-corrected chi connectivity index (χ1v) is 8.18. The van der Waals surface area contributed by atoms with Gasteiger partial charge < -0.3 is 14.2 Å². The molecular weight excluding hydrogens is 306 g/mol. The van der Waals surface area contributed by atoms with E-state index in [-0.39, 0.29) is 6.10 Å². The molecule has 0 amide bonds. The highest BCUT2D eigenvalue weighted by Gasteiger charge is 2.29. The number of hydrogen-bond acceptors (Lipinski definition) is 7. The van der Waals surface area contributed by atoms with E-state index >= 15 is 0 Å². The molecule has 1 fully saturated rings. The molecule has 8 heteroatoms. The van der Waals surface area contributed by atoms with E-state index in [1.54, 1.807) is 6.33 Å². The first kappa shape index (κ1) is 16.3. The second-order valence-electron chi connectivity index (χ2n) is 5.75. The summed E-state index contributed by atoms with van der Waals surface area (Å²) in [7, 11) is 1.89. The van der Waals surface area contributed by atoms with Crippen molar-refractivity contribution in [2.45, 2.75) is 32.8 Å². The lowest BCUT2D eigenvalue weighted by Gasteiger charge is -2.33. The van der Waals surface area contributed by atoms with Crippen LogP contribution in [0.5, 0.6) is 0 Å². The maximum Gasteiger partial charge on any atom is 0.169 e. The van der Waals surface area contributed by atoms with Crippen molar-refractivity contribution in [1.82, 2.24) is 25.0 Å². The lowest BCUT2D eigenvalue weighted by atomic mass is 10.0. The fourth-order valence-corrected chi connectivity index (χ4v) is 3.08. The van der Waals surface area contributed by atoms with E-state index < -0.39 is 0 Å². The predicted octanol–water partition coefficient (Wildman–Crippen LogP) is 1.18. The van der Waals surface area contributed by atoms with Crippen LogP contribution in [0, 0.1) is 11.3 Å². The third-order valence-electron chi connectivity index (χ3n) is 4.34. The van der Waals surface area contributed by atoms with Gasteiger partial charge in [-0.25, -0.2) is 0 Å². The zero-order valence-corrected chi connectivity index (χ0v) is 14.2. The molecule has 1 aliphatic heterocycles. The summed E-state index contributed by atoms with van der Waals surface area (Å²) in [5.41, 5.74) is 2.52. The molecule has 3 rings (SSSR count). The Kier molecular flexibility index (Phi) is 4.71. The van der Waals surface area contributed by atoms with Gasteiger partial charge in [-0.15, -0.1) is 15.3 Å². The second kappa shape index (κ2) is 6.93. The van der Waals surface area contributed by atoms with Crippen LogP contribution in [0.3, 0.4) is 0 Å². The molecule has 1 unspecified atom stereocenters. The smallest absolute Gasteiger partial charge is 0.169 e. The van der Waals surface area contributed by atoms with Crippen molar-refractivity contribution in [2.24, 2.45) is 7.05 Å². The molecule has 2 aromatic heterocycles. The minimum Gasteiger partial charge on any atom is -0.366 e. The van der Waals surface area contributed by atoms with Gasteiger partial charge in [0.25, 0.3) is 0 Å². The zero-order valence-electron chi connectivity index (χ0n) is 14.2. The van der Waals surface area contributed by atoms with Crippen molar-refractivity contribution in [3.05, 3.63) is 29.0 Å². The molecule has 0 saturated carbocycles. The molecule has 126 valence electrons. The highest BCUT2D eigenvalue weighted by Crippen LogP contribution is 2.28. The van der Waals surface area contributed by atoms with Crippen LogP contribution in [0.15, 0.2) is 6.33 Å². The molecule has 2 aromatic rings. The molecule has 0 spiro atoms. The van der Waals surface area contributed by atoms with E-state index in [0.29, 0.717) is 31.1 Å². The summed E-state index contributed by atoms with van der Waals surface area (Å²) in [6.07, 6.45) is 3.00. The van der Waals surface area contributed by atoms with E-state index in [2.05, 4.69) is 31.4 Å². The van der Waals surface area contributed by atoms with Gasteiger partial charge in [-0.1, -0.05) is 13.8 Å². The highest BCUT2D eigenvalue weighted by molar-refractivity contribution is 5.58. The number of aryl methyl sites for hydroxylation is 2. The highest BCUT2D eigenvalue weighted by atomic mass is 16.5. The Morgan fingerprint density at radius 2 is 2.12 bits per heavy atom. The number of nitriles is 1. The summed E-state index contributed by atoms with van der Waals surface area (Å²) < 4.78 is 7.68. The summed E-state index contributed by atoms with van der Waals surface area (Å²) >= 11 is 0. The van der Waals surface area contributed by atoms with Gasteiger partial charge in [0.15, 0.2) is 11.6 Å². The fourth-order valence-electron chi connectivity index (χ4n) is 3.08. The summed E-state index contributed by atoms with van der Waals surface area (Å²) in [6, 6.07) is 2.33. The average molecular weight is 327 g/mol. The van der Waals surface area contributed by atoms with Crippen LogP contribution in [-0.4, -0.2) is 44.7 Å². The molecular formula is C16H21N7O. The molecule has 0 bridgehead atoms. The van der Waals surface area contributed by atoms with Crippen molar-refractivity contribution in [2.75, 3.05) is 24.6 Å². The van der Waals surface area contributed by atoms with Gasteiger partial charge in [-0.05, 0) is 18.4 Å². The Balaban J connectivity index is 1.94. The maximum absolute atomic E-state index is 9.67. The summed E-state index contributed by atoms with van der Waals surface area (Å²) in [5, 5.41) is 26.4. The number of hydrogen-bond donors (Lipinski definition) is 0. The molecule has 1 atom stereocenters. The summed E-state index contributed by atoms with van der Waals surface area (Å²) in [5.74, 6) is 1.41. The predicted molar refractivity (Wildman–Crippen MR) is 87.4 cm³/mol. The van der Waals surface area contributed by atoms with Crippen LogP contribution in [0.25, 0.3) is 0 Å². The Bertz CT molecular complexity index is 764. The topological polar surface area (TPSA) is 92.8 Å². The molecule has 1 aliphatic rings. The van der Waals surface area contributed by atoms with E-state index in [9.17, 15) is 5.26 Å². The first-order valence-electron chi connectivity index (χ1n) is 8.18. The van der Waals surface area contributed by atoms with Gasteiger partial charge in [0.1, 0.15) is 24.1 Å². The van der Waals surface area contributed by atoms with Crippen LogP contribution in [0.4, 0.5) is 5.82 Å². The lowest BCUT2D eigenvalue weighted by Crippen LogP contribution is -2.40. The van der Waals surface area contributed by atoms with Gasteiger partial charge in [-0.2, -0.15) is 10.4 Å². The Hall–Kier alpha value is -2.53. The zero-order chi connectivity index (χ0) is 17.1. The Morgan fingerprint density at radius 1 is 1.29 bits per heavy atom. The van der Waals surface area contributed by atoms with E-state index in [4.69, 9.17) is 4.74 Å². The molecule has 0 N–H and O–H groups in total. The molecule has 0 radical (unpaired) electrons. The SMILES string of the molecule is CCc1nnc(N2CCOC(c3nncn3C)C2)c(C#N)c1CC. The number of aromatic nitrogens is 5. The monoisotopic (exact) mass is 327 g/mol. The number of ether oxygens (including phenoxy) is 1. The minimum absolute atomic E-state index is 0.199. The second-order valence-corrected chi connectivity index (χ2v) is 5.75. The van der Waals surface area contributed by atoms with Gasteiger partial charge in [-0.3, -0.25) is 0 Å². The number of nitrogens with zero attached hydrogens (tertiary/aromatic N) is 7. The van der Waals surface area contributed by atoms with Crippen LogP contribution >= 0.6 is 0 Å². The van der Waals surface area contributed by atoms with Gasteiger partial charge in [0.2, 0.25) is 0 Å². The maximum atomic E-state index is 9.67. The standard InChI is InChI=1S/C16H21N7O/c1-4-11-12(8-17)15(21-19-13(11)5-2)23-6-7-24-14(9-23)16-20-18-10-22(16)3/h10,14H,4-7,9H2,1-3H3. The average Bonchev–Trinajstić information content (AvgIpc) is 3.06. The molecule has 1 saturated heterocycles. The van der Waals surface area contributed by atoms with Gasteiger partial charge in [0, 0.05) is 13.6 Å². The quantitative estimate of drug-likeness (QED) is 0.832. The third-order valence-corrected chi connectivity index (χ3v) is 4.34. The summed E-state index contributed by atoms with van der Waals surface area (Å²) in [6.45, 7) is 5.86. The van der Waals surface area contributed by atoms with E-state index in [0.717, 1.165) is 29.9 Å². The Labute approximate surface area is 141 Å². The molecule has 0 aliphatic carbocycles. The number of morpholine rings is 1. The van der Waals surface area contributed by atoms with Gasteiger partial charge in [0.05, 0.1) is 18.8 Å². The van der Waals surface area contributed by atoms with Gasteiger partial charge >= 0.3 is 0 Å². The van der Waals surface area contributed by atoms with Crippen LogP contribution < -0.4 is 4.90 Å². The fraction of sp³-hybridized carbons (Fsp3) is 0.562. The lowest BCUT2D eigenvalue weighted by molar-refractivity contribution is 0.0318. The number of anilines is 1. The number of rotatable bonds is 4. The molecule has 3 heterocycles. The minimum atomic E-state index is -0.199. The Morgan fingerprint density at radius 3 is 2.75 bits per heavy atom. The van der Waals surface area contributed by atoms with Crippen molar-refractivity contribution in [3.8, 4) is 6.07 Å². The van der Waals surface area contributed by atoms with Crippen molar-refractivity contribution < 1.29 is 4.74 Å². The van der Waals surface area contributed by atoms with Crippen LogP contribution in [-0.2, 0) is 24.6 Å². The normalized spacial score (nSPS) is 17.8. The van der Waals surface area contributed by atoms with Crippen LogP contribution in [0.2, 0.25) is 0 Å². The molecule has 0 aromatic carbocycles. The largest absolute Gasteiger partial charge is 0.366 e. The third kappa shape index (κ3) is 2.83. The van der Waals surface area contributed by atoms with E-state index in [1.807, 2.05) is 25.5 Å². The van der Waals surface area contributed by atoms with Crippen LogP contribution in [0.1, 0.15) is 42.6 Å². The first-order chi connectivity index (χ1) is 11.7.